The van der Waals surface area contributed by atoms with E-state index in [1.165, 1.54) is 22.5 Å². The monoisotopic (exact) mass is 367 g/mol. The summed E-state index contributed by atoms with van der Waals surface area (Å²) in [5.74, 6) is -0.503. The highest BCUT2D eigenvalue weighted by Crippen LogP contribution is 2.21. The Morgan fingerprint density at radius 3 is 2.24 bits per heavy atom. The van der Waals surface area contributed by atoms with Gasteiger partial charge in [-0.15, -0.1) is 0 Å². The van der Waals surface area contributed by atoms with E-state index >= 15 is 0 Å². The van der Waals surface area contributed by atoms with Crippen molar-refractivity contribution in [1.82, 2.24) is 14.3 Å². The lowest BCUT2D eigenvalue weighted by Crippen LogP contribution is -2.49. The maximum absolute atomic E-state index is 13.8. The fourth-order valence-corrected chi connectivity index (χ4v) is 3.98. The summed E-state index contributed by atoms with van der Waals surface area (Å²) < 4.78 is 40.1. The molecular formula is C14H14FN5O4S. The maximum atomic E-state index is 13.8. The van der Waals surface area contributed by atoms with Crippen molar-refractivity contribution >= 4 is 21.7 Å². The molecule has 25 heavy (non-hydrogen) atoms. The van der Waals surface area contributed by atoms with Crippen molar-refractivity contribution in [1.29, 1.82) is 0 Å². The molecule has 0 amide bonds. The van der Waals surface area contributed by atoms with Crippen LogP contribution in [0, 0.1) is 15.9 Å². The number of rotatable bonds is 4. The van der Waals surface area contributed by atoms with Gasteiger partial charge in [-0.3, -0.25) is 10.1 Å². The average Bonchev–Trinajstić information content (AvgIpc) is 2.62. The Hall–Kier alpha value is -2.66. The number of benzene rings is 1. The number of hydrogen-bond acceptors (Lipinski definition) is 7. The van der Waals surface area contributed by atoms with Gasteiger partial charge in [0.05, 0.1) is 4.92 Å². The summed E-state index contributed by atoms with van der Waals surface area (Å²) in [5.41, 5.74) is -0.218. The Balaban J connectivity index is 1.71. The first kappa shape index (κ1) is 17.2. The fourth-order valence-electron chi connectivity index (χ4n) is 2.49. The Kier molecular flexibility index (Phi) is 4.59. The molecule has 0 atom stereocenters. The minimum absolute atomic E-state index is 0.136. The van der Waals surface area contributed by atoms with Crippen molar-refractivity contribution in [3.8, 4) is 0 Å². The number of anilines is 1. The van der Waals surface area contributed by atoms with E-state index in [4.69, 9.17) is 0 Å². The van der Waals surface area contributed by atoms with Crippen molar-refractivity contribution in [2.75, 3.05) is 31.1 Å². The second kappa shape index (κ2) is 6.69. The van der Waals surface area contributed by atoms with Gasteiger partial charge in [0.15, 0.2) is 0 Å². The highest BCUT2D eigenvalue weighted by atomic mass is 32.2. The topological polar surface area (TPSA) is 110 Å². The lowest BCUT2D eigenvalue weighted by Gasteiger charge is -2.33. The third-order valence-corrected chi connectivity index (χ3v) is 5.74. The zero-order valence-corrected chi connectivity index (χ0v) is 13.8. The number of sulfonamides is 1. The molecule has 0 bridgehead atoms. The Morgan fingerprint density at radius 1 is 1.08 bits per heavy atom. The van der Waals surface area contributed by atoms with E-state index in [1.807, 2.05) is 0 Å². The van der Waals surface area contributed by atoms with Crippen LogP contribution in [0.1, 0.15) is 0 Å². The SMILES string of the molecule is O=[N+]([O-])c1cnc(N2CCN(S(=O)(=O)c3ccccc3F)CC2)nc1. The van der Waals surface area contributed by atoms with E-state index in [2.05, 4.69) is 9.97 Å². The van der Waals surface area contributed by atoms with Gasteiger partial charge in [0, 0.05) is 26.2 Å². The smallest absolute Gasteiger partial charge is 0.305 e. The van der Waals surface area contributed by atoms with Crippen LogP contribution < -0.4 is 4.90 Å². The van der Waals surface area contributed by atoms with Crippen LogP contribution in [0.5, 0.6) is 0 Å². The van der Waals surface area contributed by atoms with Gasteiger partial charge in [0.25, 0.3) is 0 Å². The number of piperazine rings is 1. The van der Waals surface area contributed by atoms with Crippen LogP contribution in [0.25, 0.3) is 0 Å². The quantitative estimate of drug-likeness (QED) is 0.586. The number of nitro groups is 1. The van der Waals surface area contributed by atoms with E-state index in [1.54, 1.807) is 4.90 Å². The molecule has 3 rings (SSSR count). The third-order valence-electron chi connectivity index (χ3n) is 3.81. The summed E-state index contributed by atoms with van der Waals surface area (Å²) >= 11 is 0. The lowest BCUT2D eigenvalue weighted by molar-refractivity contribution is -0.385. The average molecular weight is 367 g/mol. The summed E-state index contributed by atoms with van der Waals surface area (Å²) in [7, 11) is -3.91. The van der Waals surface area contributed by atoms with Gasteiger partial charge >= 0.3 is 5.69 Å². The molecule has 0 N–H and O–H groups in total. The van der Waals surface area contributed by atoms with Gasteiger partial charge in [0.1, 0.15) is 23.1 Å². The minimum Gasteiger partial charge on any atom is -0.338 e. The number of aromatic nitrogens is 2. The number of nitrogens with zero attached hydrogens (tertiary/aromatic N) is 5. The summed E-state index contributed by atoms with van der Waals surface area (Å²) in [4.78, 5) is 19.2. The van der Waals surface area contributed by atoms with Crippen LogP contribution in [0.2, 0.25) is 0 Å². The first-order chi connectivity index (χ1) is 11.9. The van der Waals surface area contributed by atoms with Crippen LogP contribution >= 0.6 is 0 Å². The number of halogens is 1. The summed E-state index contributed by atoms with van der Waals surface area (Å²) in [6, 6.07) is 5.24. The molecule has 1 aliphatic heterocycles. The molecule has 1 aromatic heterocycles. The molecule has 1 aliphatic rings. The number of hydrogen-bond donors (Lipinski definition) is 0. The maximum Gasteiger partial charge on any atom is 0.305 e. The molecule has 11 heteroatoms. The van der Waals surface area contributed by atoms with Crippen LogP contribution in [-0.4, -0.2) is 53.8 Å². The molecule has 9 nitrogen and oxygen atoms in total. The third kappa shape index (κ3) is 3.42. The van der Waals surface area contributed by atoms with E-state index in [0.717, 1.165) is 18.5 Å². The standard InChI is InChI=1S/C14H14FN5O4S/c15-12-3-1-2-4-13(12)25(23,24)19-7-5-18(6-8-19)14-16-9-11(10-17-14)20(21)22/h1-4,9-10H,5-8H2. The molecule has 1 fully saturated rings. The molecule has 1 aromatic carbocycles. The Labute approximate surface area is 142 Å². The van der Waals surface area contributed by atoms with Gasteiger partial charge in [-0.1, -0.05) is 12.1 Å². The van der Waals surface area contributed by atoms with Crippen LogP contribution in [0.3, 0.4) is 0 Å². The molecule has 2 aromatic rings. The van der Waals surface area contributed by atoms with E-state index in [9.17, 15) is 22.9 Å². The van der Waals surface area contributed by atoms with Crippen molar-refractivity contribution in [3.05, 3.63) is 52.6 Å². The Morgan fingerprint density at radius 2 is 1.68 bits per heavy atom. The van der Waals surface area contributed by atoms with Crippen LogP contribution in [-0.2, 0) is 10.0 Å². The second-order valence-electron chi connectivity index (χ2n) is 5.32. The van der Waals surface area contributed by atoms with Crippen molar-refractivity contribution < 1.29 is 17.7 Å². The molecule has 0 saturated carbocycles. The van der Waals surface area contributed by atoms with E-state index < -0.39 is 20.8 Å². The molecule has 1 saturated heterocycles. The first-order valence-electron chi connectivity index (χ1n) is 7.35. The molecule has 0 aliphatic carbocycles. The van der Waals surface area contributed by atoms with E-state index in [0.29, 0.717) is 13.1 Å². The molecule has 0 radical (unpaired) electrons. The van der Waals surface area contributed by atoms with Crippen LogP contribution in [0.15, 0.2) is 41.6 Å². The van der Waals surface area contributed by atoms with Gasteiger partial charge in [-0.2, -0.15) is 4.31 Å². The lowest BCUT2D eigenvalue weighted by atomic mass is 10.3. The minimum atomic E-state index is -3.91. The second-order valence-corrected chi connectivity index (χ2v) is 7.23. The largest absolute Gasteiger partial charge is 0.338 e. The summed E-state index contributed by atoms with van der Waals surface area (Å²) in [5, 5.41) is 10.6. The molecular weight excluding hydrogens is 353 g/mol. The van der Waals surface area contributed by atoms with Crippen molar-refractivity contribution in [2.45, 2.75) is 4.90 Å². The van der Waals surface area contributed by atoms with Gasteiger partial charge in [-0.25, -0.2) is 22.8 Å². The Bertz CT molecular complexity index is 882. The van der Waals surface area contributed by atoms with Gasteiger partial charge in [-0.05, 0) is 12.1 Å². The highest BCUT2D eigenvalue weighted by molar-refractivity contribution is 7.89. The zero-order valence-electron chi connectivity index (χ0n) is 12.9. The fraction of sp³-hybridized carbons (Fsp3) is 0.286. The molecule has 0 unspecified atom stereocenters. The predicted octanol–water partition coefficient (Wildman–Crippen LogP) is 1.03. The van der Waals surface area contributed by atoms with Gasteiger partial charge in [0.2, 0.25) is 16.0 Å². The normalized spacial score (nSPS) is 16.0. The van der Waals surface area contributed by atoms with E-state index in [-0.39, 0.29) is 29.6 Å². The van der Waals surface area contributed by atoms with Crippen molar-refractivity contribution in [3.63, 3.8) is 0 Å². The summed E-state index contributed by atoms with van der Waals surface area (Å²) in [6.45, 7) is 0.866. The first-order valence-corrected chi connectivity index (χ1v) is 8.79. The molecule has 2 heterocycles. The van der Waals surface area contributed by atoms with Gasteiger partial charge < -0.3 is 4.90 Å². The molecule has 0 spiro atoms. The van der Waals surface area contributed by atoms with Crippen LogP contribution in [0.4, 0.5) is 16.0 Å². The summed E-state index contributed by atoms with van der Waals surface area (Å²) in [6.07, 6.45) is 2.20. The highest BCUT2D eigenvalue weighted by Gasteiger charge is 2.31. The zero-order chi connectivity index (χ0) is 18.0. The predicted molar refractivity (Wildman–Crippen MR) is 86.1 cm³/mol. The molecule has 132 valence electrons. The van der Waals surface area contributed by atoms with Crippen molar-refractivity contribution in [2.24, 2.45) is 0 Å².